The van der Waals surface area contributed by atoms with E-state index in [1.807, 2.05) is 4.90 Å². The number of hydrogen-bond donors (Lipinski definition) is 1. The van der Waals surface area contributed by atoms with E-state index in [1.165, 1.54) is 25.7 Å². The first-order valence-electron chi connectivity index (χ1n) is 4.95. The number of nitrogens with one attached hydrogen (secondary N) is 1. The van der Waals surface area contributed by atoms with Gasteiger partial charge in [-0.3, -0.25) is 0 Å². The zero-order chi connectivity index (χ0) is 9.31. The van der Waals surface area contributed by atoms with Crippen LogP contribution in [-0.2, 0) is 0 Å². The van der Waals surface area contributed by atoms with Crippen LogP contribution in [-0.4, -0.2) is 29.6 Å². The molecule has 0 atom stereocenters. The van der Waals surface area contributed by atoms with Gasteiger partial charge in [0.2, 0.25) is 0 Å². The molecule has 2 aliphatic rings. The highest BCUT2D eigenvalue weighted by Crippen LogP contribution is 2.46. The lowest BCUT2D eigenvalue weighted by atomic mass is 9.68. The standard InChI is InChI=1S/C10H16N2O/c1-2-7-11-9(13)12-8-6-10(12)4-3-5-10/h2H,1,3-8H2,(H,11,13). The van der Waals surface area contributed by atoms with E-state index in [-0.39, 0.29) is 11.6 Å². The Balaban J connectivity index is 1.86. The molecule has 1 heterocycles. The van der Waals surface area contributed by atoms with Crippen molar-refractivity contribution in [3.05, 3.63) is 12.7 Å². The molecule has 1 saturated carbocycles. The number of hydrogen-bond acceptors (Lipinski definition) is 1. The van der Waals surface area contributed by atoms with Crippen molar-refractivity contribution in [2.45, 2.75) is 31.2 Å². The summed E-state index contributed by atoms with van der Waals surface area (Å²) in [6.07, 6.45) is 6.61. The second-order valence-electron chi connectivity index (χ2n) is 3.95. The Morgan fingerprint density at radius 1 is 1.54 bits per heavy atom. The molecule has 1 N–H and O–H groups in total. The summed E-state index contributed by atoms with van der Waals surface area (Å²) in [5, 5.41) is 2.83. The number of likely N-dealkylation sites (tertiary alicyclic amines) is 1. The molecule has 1 spiro atoms. The number of nitrogens with zero attached hydrogens (tertiary/aromatic N) is 1. The Morgan fingerprint density at radius 3 is 2.69 bits per heavy atom. The molecule has 0 unspecified atom stereocenters. The van der Waals surface area contributed by atoms with E-state index >= 15 is 0 Å². The molecule has 1 aliphatic carbocycles. The van der Waals surface area contributed by atoms with Crippen molar-refractivity contribution in [1.29, 1.82) is 0 Å². The molecule has 0 aromatic heterocycles. The van der Waals surface area contributed by atoms with Crippen LogP contribution in [0, 0.1) is 0 Å². The summed E-state index contributed by atoms with van der Waals surface area (Å²) in [5.41, 5.74) is 0.269. The fourth-order valence-electron chi connectivity index (χ4n) is 2.22. The van der Waals surface area contributed by atoms with Crippen LogP contribution in [0.4, 0.5) is 4.79 Å². The fraction of sp³-hybridized carbons (Fsp3) is 0.700. The van der Waals surface area contributed by atoms with Gasteiger partial charge in [0.1, 0.15) is 0 Å². The molecule has 72 valence electrons. The number of amides is 2. The van der Waals surface area contributed by atoms with E-state index < -0.39 is 0 Å². The lowest BCUT2D eigenvalue weighted by Crippen LogP contribution is -2.67. The largest absolute Gasteiger partial charge is 0.335 e. The third-order valence-corrected chi connectivity index (χ3v) is 3.30. The molecule has 3 heteroatoms. The van der Waals surface area contributed by atoms with Crippen molar-refractivity contribution in [2.24, 2.45) is 0 Å². The van der Waals surface area contributed by atoms with Gasteiger partial charge in [-0.15, -0.1) is 6.58 Å². The van der Waals surface area contributed by atoms with Crippen molar-refractivity contribution in [3.63, 3.8) is 0 Å². The van der Waals surface area contributed by atoms with Crippen LogP contribution in [0.5, 0.6) is 0 Å². The molecule has 0 aromatic carbocycles. The third kappa shape index (κ3) is 1.23. The predicted molar refractivity (Wildman–Crippen MR) is 51.5 cm³/mol. The maximum Gasteiger partial charge on any atom is 0.318 e. The Kier molecular flexibility index (Phi) is 2.02. The average Bonchev–Trinajstić information content (AvgIpc) is 1.96. The summed E-state index contributed by atoms with van der Waals surface area (Å²) in [5.74, 6) is 0. The summed E-state index contributed by atoms with van der Waals surface area (Å²) >= 11 is 0. The molecule has 0 bridgehead atoms. The quantitative estimate of drug-likeness (QED) is 0.642. The van der Waals surface area contributed by atoms with Crippen LogP contribution < -0.4 is 5.32 Å². The van der Waals surface area contributed by atoms with E-state index in [0.717, 1.165) is 6.54 Å². The molecule has 13 heavy (non-hydrogen) atoms. The molecule has 0 aromatic rings. The number of urea groups is 1. The molecule has 1 saturated heterocycles. The lowest BCUT2D eigenvalue weighted by Gasteiger charge is -2.58. The van der Waals surface area contributed by atoms with E-state index in [1.54, 1.807) is 6.08 Å². The van der Waals surface area contributed by atoms with Gasteiger partial charge in [-0.05, 0) is 25.7 Å². The lowest BCUT2D eigenvalue weighted by molar-refractivity contribution is -0.0361. The number of rotatable bonds is 2. The summed E-state index contributed by atoms with van der Waals surface area (Å²) in [4.78, 5) is 13.5. The van der Waals surface area contributed by atoms with E-state index in [9.17, 15) is 4.79 Å². The molecular formula is C10H16N2O. The highest BCUT2D eigenvalue weighted by atomic mass is 16.2. The number of carbonyl (C=O) groups is 1. The molecule has 2 fully saturated rings. The normalized spacial score (nSPS) is 23.2. The molecular weight excluding hydrogens is 164 g/mol. The van der Waals surface area contributed by atoms with Gasteiger partial charge in [-0.1, -0.05) is 6.08 Å². The van der Waals surface area contributed by atoms with Crippen molar-refractivity contribution >= 4 is 6.03 Å². The average molecular weight is 180 g/mol. The second-order valence-corrected chi connectivity index (χ2v) is 3.95. The minimum Gasteiger partial charge on any atom is -0.335 e. The van der Waals surface area contributed by atoms with Crippen molar-refractivity contribution in [3.8, 4) is 0 Å². The first-order valence-corrected chi connectivity index (χ1v) is 4.95. The SMILES string of the molecule is C=CCNC(=O)N1CCC12CCC2. The summed E-state index contributed by atoms with van der Waals surface area (Å²) in [6, 6.07) is 0.0888. The summed E-state index contributed by atoms with van der Waals surface area (Å²) < 4.78 is 0. The highest BCUT2D eigenvalue weighted by Gasteiger charge is 2.51. The van der Waals surface area contributed by atoms with Gasteiger partial charge in [0.15, 0.2) is 0 Å². The first-order chi connectivity index (χ1) is 6.28. The van der Waals surface area contributed by atoms with Crippen LogP contribution in [0.1, 0.15) is 25.7 Å². The monoisotopic (exact) mass is 180 g/mol. The van der Waals surface area contributed by atoms with Crippen LogP contribution in [0.2, 0.25) is 0 Å². The van der Waals surface area contributed by atoms with Crippen LogP contribution in [0.25, 0.3) is 0 Å². The zero-order valence-electron chi connectivity index (χ0n) is 7.88. The molecule has 3 nitrogen and oxygen atoms in total. The van der Waals surface area contributed by atoms with Gasteiger partial charge in [0.25, 0.3) is 0 Å². The Bertz CT molecular complexity index is 228. The van der Waals surface area contributed by atoms with Gasteiger partial charge < -0.3 is 10.2 Å². The molecule has 1 aliphatic heterocycles. The second kappa shape index (κ2) is 3.05. The Hall–Kier alpha value is -0.990. The highest BCUT2D eigenvalue weighted by molar-refractivity contribution is 5.76. The van der Waals surface area contributed by atoms with Gasteiger partial charge in [-0.25, -0.2) is 4.79 Å². The summed E-state index contributed by atoms with van der Waals surface area (Å²) in [7, 11) is 0. The Labute approximate surface area is 78.8 Å². The smallest absolute Gasteiger partial charge is 0.318 e. The maximum atomic E-state index is 11.6. The van der Waals surface area contributed by atoms with Gasteiger partial charge >= 0.3 is 6.03 Å². The summed E-state index contributed by atoms with van der Waals surface area (Å²) in [6.45, 7) is 5.08. The van der Waals surface area contributed by atoms with Crippen LogP contribution in [0.3, 0.4) is 0 Å². The molecule has 0 radical (unpaired) electrons. The minimum absolute atomic E-state index is 0.0888. The van der Waals surface area contributed by atoms with Gasteiger partial charge in [0, 0.05) is 18.6 Å². The van der Waals surface area contributed by atoms with E-state index in [0.29, 0.717) is 6.54 Å². The zero-order valence-corrected chi connectivity index (χ0v) is 7.88. The third-order valence-electron chi connectivity index (χ3n) is 3.30. The van der Waals surface area contributed by atoms with E-state index in [4.69, 9.17) is 0 Å². The topological polar surface area (TPSA) is 32.3 Å². The van der Waals surface area contributed by atoms with E-state index in [2.05, 4.69) is 11.9 Å². The molecule has 2 amide bonds. The van der Waals surface area contributed by atoms with Crippen molar-refractivity contribution in [1.82, 2.24) is 10.2 Å². The Morgan fingerprint density at radius 2 is 2.31 bits per heavy atom. The first kappa shape index (κ1) is 8.60. The van der Waals surface area contributed by atoms with Gasteiger partial charge in [0.05, 0.1) is 0 Å². The number of carbonyl (C=O) groups excluding carboxylic acids is 1. The predicted octanol–water partition coefficient (Wildman–Crippen LogP) is 1.51. The van der Waals surface area contributed by atoms with Crippen LogP contribution >= 0.6 is 0 Å². The maximum absolute atomic E-state index is 11.6. The van der Waals surface area contributed by atoms with Gasteiger partial charge in [-0.2, -0.15) is 0 Å². The minimum atomic E-state index is 0.0888. The van der Waals surface area contributed by atoms with Crippen molar-refractivity contribution < 1.29 is 4.79 Å². The van der Waals surface area contributed by atoms with Crippen molar-refractivity contribution in [2.75, 3.05) is 13.1 Å². The molecule has 2 rings (SSSR count). The fourth-order valence-corrected chi connectivity index (χ4v) is 2.22. The van der Waals surface area contributed by atoms with Crippen LogP contribution in [0.15, 0.2) is 12.7 Å².